The second kappa shape index (κ2) is 6.59. The summed E-state index contributed by atoms with van der Waals surface area (Å²) in [6.07, 6.45) is -0.420. The van der Waals surface area contributed by atoms with Crippen LogP contribution in [0.3, 0.4) is 0 Å². The molecule has 1 amide bonds. The Morgan fingerprint density at radius 1 is 1.41 bits per heavy atom. The molecule has 0 unspecified atom stereocenters. The normalized spacial score (nSPS) is 10.6. The minimum Gasteiger partial charge on any atom is -0.355 e. The lowest BCUT2D eigenvalue weighted by Gasteiger charge is -2.13. The van der Waals surface area contributed by atoms with E-state index in [0.29, 0.717) is 10.7 Å². The SMILES string of the molecule is COC(CC(=O)Nc1ccc(C)cc1Cl)OC. The number of benzene rings is 1. The summed E-state index contributed by atoms with van der Waals surface area (Å²) in [4.78, 5) is 11.6. The predicted octanol–water partition coefficient (Wildman–Crippen LogP) is 2.60. The van der Waals surface area contributed by atoms with Crippen molar-refractivity contribution in [1.82, 2.24) is 0 Å². The molecule has 5 heteroatoms. The van der Waals surface area contributed by atoms with E-state index in [2.05, 4.69) is 5.32 Å². The fraction of sp³-hybridized carbons (Fsp3) is 0.417. The minimum atomic E-state index is -0.542. The lowest BCUT2D eigenvalue weighted by atomic mass is 10.2. The Labute approximate surface area is 106 Å². The second-order valence-electron chi connectivity index (χ2n) is 3.64. The van der Waals surface area contributed by atoms with E-state index in [4.69, 9.17) is 21.1 Å². The predicted molar refractivity (Wildman–Crippen MR) is 67.2 cm³/mol. The van der Waals surface area contributed by atoms with Gasteiger partial charge in [0.1, 0.15) is 0 Å². The number of hydrogen-bond donors (Lipinski definition) is 1. The molecule has 0 bridgehead atoms. The molecule has 94 valence electrons. The van der Waals surface area contributed by atoms with E-state index in [1.165, 1.54) is 14.2 Å². The number of methoxy groups -OCH3 is 2. The molecule has 0 atom stereocenters. The molecule has 1 aromatic rings. The van der Waals surface area contributed by atoms with E-state index in [0.717, 1.165) is 5.56 Å². The van der Waals surface area contributed by atoms with Crippen LogP contribution in [0, 0.1) is 6.92 Å². The number of carbonyl (C=O) groups excluding carboxylic acids is 1. The van der Waals surface area contributed by atoms with Crippen molar-refractivity contribution in [2.75, 3.05) is 19.5 Å². The van der Waals surface area contributed by atoms with Crippen LogP contribution in [0.5, 0.6) is 0 Å². The number of hydrogen-bond acceptors (Lipinski definition) is 3. The highest BCUT2D eigenvalue weighted by Crippen LogP contribution is 2.22. The van der Waals surface area contributed by atoms with E-state index in [9.17, 15) is 4.79 Å². The van der Waals surface area contributed by atoms with Crippen molar-refractivity contribution in [3.63, 3.8) is 0 Å². The maximum absolute atomic E-state index is 11.6. The molecular weight excluding hydrogens is 242 g/mol. The molecule has 0 aliphatic heterocycles. The molecule has 1 rings (SSSR count). The molecule has 0 saturated carbocycles. The van der Waals surface area contributed by atoms with Crippen molar-refractivity contribution in [1.29, 1.82) is 0 Å². The van der Waals surface area contributed by atoms with Gasteiger partial charge in [0.25, 0.3) is 0 Å². The van der Waals surface area contributed by atoms with E-state index >= 15 is 0 Å². The molecule has 0 saturated heterocycles. The van der Waals surface area contributed by atoms with Crippen LogP contribution >= 0.6 is 11.6 Å². The van der Waals surface area contributed by atoms with Gasteiger partial charge >= 0.3 is 0 Å². The molecule has 1 N–H and O–H groups in total. The third kappa shape index (κ3) is 4.34. The Bertz CT molecular complexity index is 391. The lowest BCUT2D eigenvalue weighted by molar-refractivity contribution is -0.134. The average molecular weight is 258 g/mol. The molecular formula is C12H16ClNO3. The number of ether oxygens (including phenoxy) is 2. The average Bonchev–Trinajstić information content (AvgIpc) is 2.29. The topological polar surface area (TPSA) is 47.6 Å². The molecule has 0 fully saturated rings. The summed E-state index contributed by atoms with van der Waals surface area (Å²) in [7, 11) is 2.97. The zero-order chi connectivity index (χ0) is 12.8. The van der Waals surface area contributed by atoms with Crippen LogP contribution in [0.1, 0.15) is 12.0 Å². The van der Waals surface area contributed by atoms with E-state index < -0.39 is 6.29 Å². The van der Waals surface area contributed by atoms with Gasteiger partial charge in [-0.1, -0.05) is 17.7 Å². The summed E-state index contributed by atoms with van der Waals surface area (Å²) in [5.74, 6) is -0.204. The highest BCUT2D eigenvalue weighted by Gasteiger charge is 2.13. The Hall–Kier alpha value is -1.10. The Balaban J connectivity index is 2.62. The fourth-order valence-electron chi connectivity index (χ4n) is 1.34. The van der Waals surface area contributed by atoms with Crippen LogP contribution in [0.25, 0.3) is 0 Å². The Kier molecular flexibility index (Phi) is 5.41. The minimum absolute atomic E-state index is 0.122. The first-order chi connectivity index (χ1) is 8.06. The third-order valence-corrected chi connectivity index (χ3v) is 2.59. The quantitative estimate of drug-likeness (QED) is 0.825. The van der Waals surface area contributed by atoms with Gasteiger partial charge in [-0.3, -0.25) is 4.79 Å². The van der Waals surface area contributed by atoms with Gasteiger partial charge in [0.15, 0.2) is 6.29 Å². The smallest absolute Gasteiger partial charge is 0.229 e. The van der Waals surface area contributed by atoms with E-state index in [1.54, 1.807) is 12.1 Å². The van der Waals surface area contributed by atoms with Crippen molar-refractivity contribution in [2.24, 2.45) is 0 Å². The first-order valence-corrected chi connectivity index (χ1v) is 5.56. The van der Waals surface area contributed by atoms with Crippen LogP contribution in [0.15, 0.2) is 18.2 Å². The van der Waals surface area contributed by atoms with Gasteiger partial charge in [0, 0.05) is 14.2 Å². The summed E-state index contributed by atoms with van der Waals surface area (Å²) in [5.41, 5.74) is 1.63. The van der Waals surface area contributed by atoms with Gasteiger partial charge in [-0.15, -0.1) is 0 Å². The lowest BCUT2D eigenvalue weighted by Crippen LogP contribution is -2.22. The molecule has 0 spiro atoms. The molecule has 0 radical (unpaired) electrons. The number of carbonyl (C=O) groups is 1. The maximum Gasteiger partial charge on any atom is 0.229 e. The van der Waals surface area contributed by atoms with Gasteiger partial charge in [-0.25, -0.2) is 0 Å². The zero-order valence-electron chi connectivity index (χ0n) is 10.1. The van der Waals surface area contributed by atoms with Crippen LogP contribution in [0.4, 0.5) is 5.69 Å². The van der Waals surface area contributed by atoms with Gasteiger partial charge in [0.05, 0.1) is 17.1 Å². The van der Waals surface area contributed by atoms with Gasteiger partial charge in [0.2, 0.25) is 5.91 Å². The van der Waals surface area contributed by atoms with E-state index in [-0.39, 0.29) is 12.3 Å². The highest BCUT2D eigenvalue weighted by molar-refractivity contribution is 6.33. The highest BCUT2D eigenvalue weighted by atomic mass is 35.5. The molecule has 1 aromatic carbocycles. The first-order valence-electron chi connectivity index (χ1n) is 5.18. The van der Waals surface area contributed by atoms with Gasteiger partial charge in [-0.05, 0) is 24.6 Å². The second-order valence-corrected chi connectivity index (χ2v) is 4.04. The molecule has 4 nitrogen and oxygen atoms in total. The van der Waals surface area contributed by atoms with Crippen molar-refractivity contribution in [3.8, 4) is 0 Å². The van der Waals surface area contributed by atoms with Crippen molar-refractivity contribution < 1.29 is 14.3 Å². The summed E-state index contributed by atoms with van der Waals surface area (Å²) >= 11 is 6.00. The summed E-state index contributed by atoms with van der Waals surface area (Å²) in [6, 6.07) is 5.44. The van der Waals surface area contributed by atoms with Crippen molar-refractivity contribution >= 4 is 23.2 Å². The van der Waals surface area contributed by atoms with Gasteiger partial charge in [-0.2, -0.15) is 0 Å². The fourth-order valence-corrected chi connectivity index (χ4v) is 1.62. The Morgan fingerprint density at radius 3 is 2.59 bits per heavy atom. The number of amides is 1. The molecule has 17 heavy (non-hydrogen) atoms. The standard InChI is InChI=1S/C12H16ClNO3/c1-8-4-5-10(9(13)6-8)14-11(15)7-12(16-2)17-3/h4-6,12H,7H2,1-3H3,(H,14,15). The molecule has 0 aliphatic carbocycles. The monoisotopic (exact) mass is 257 g/mol. The van der Waals surface area contributed by atoms with Crippen LogP contribution in [-0.4, -0.2) is 26.4 Å². The largest absolute Gasteiger partial charge is 0.355 e. The number of aryl methyl sites for hydroxylation is 1. The molecule has 0 aliphatic rings. The van der Waals surface area contributed by atoms with Crippen molar-refractivity contribution in [3.05, 3.63) is 28.8 Å². The molecule has 0 heterocycles. The maximum atomic E-state index is 11.6. The number of halogens is 1. The number of anilines is 1. The number of rotatable bonds is 5. The van der Waals surface area contributed by atoms with Crippen LogP contribution < -0.4 is 5.32 Å². The Morgan fingerprint density at radius 2 is 2.06 bits per heavy atom. The van der Waals surface area contributed by atoms with Crippen LogP contribution in [-0.2, 0) is 14.3 Å². The summed E-state index contributed by atoms with van der Waals surface area (Å²) < 4.78 is 9.88. The van der Waals surface area contributed by atoms with Gasteiger partial charge < -0.3 is 14.8 Å². The summed E-state index contributed by atoms with van der Waals surface area (Å²) in [6.45, 7) is 1.93. The number of nitrogens with one attached hydrogen (secondary N) is 1. The van der Waals surface area contributed by atoms with Crippen LogP contribution in [0.2, 0.25) is 5.02 Å². The third-order valence-electron chi connectivity index (χ3n) is 2.28. The summed E-state index contributed by atoms with van der Waals surface area (Å²) in [5, 5.41) is 3.22. The first kappa shape index (κ1) is 14.0. The van der Waals surface area contributed by atoms with E-state index in [1.807, 2.05) is 13.0 Å². The zero-order valence-corrected chi connectivity index (χ0v) is 10.9. The van der Waals surface area contributed by atoms with Crippen molar-refractivity contribution in [2.45, 2.75) is 19.6 Å². The molecule has 0 aromatic heterocycles.